The second-order valence-corrected chi connectivity index (χ2v) is 4.21. The van der Waals surface area contributed by atoms with Crippen LogP contribution in [0.1, 0.15) is 12.5 Å². The van der Waals surface area contributed by atoms with Crippen molar-refractivity contribution in [2.75, 3.05) is 5.88 Å². The number of rotatable bonds is 4. The third-order valence-electron chi connectivity index (χ3n) is 2.33. The van der Waals surface area contributed by atoms with E-state index < -0.39 is 11.6 Å². The van der Waals surface area contributed by atoms with E-state index in [2.05, 4.69) is 6.58 Å². The molecule has 0 N–H and O–H groups in total. The van der Waals surface area contributed by atoms with E-state index in [0.717, 1.165) is 6.07 Å². The molecule has 1 unspecified atom stereocenters. The van der Waals surface area contributed by atoms with Gasteiger partial charge in [0, 0.05) is 17.4 Å². The van der Waals surface area contributed by atoms with Crippen LogP contribution < -0.4 is 0 Å². The standard InChI is InChI=1S/C12H13ClF2/c1-3-12(2,8-13)7-9-4-10(14)6-11(15)5-9/h3-6H,1,7-8H2,2H3. The minimum Gasteiger partial charge on any atom is -0.207 e. The summed E-state index contributed by atoms with van der Waals surface area (Å²) >= 11 is 5.78. The predicted molar refractivity (Wildman–Crippen MR) is 59.1 cm³/mol. The van der Waals surface area contributed by atoms with Gasteiger partial charge in [-0.3, -0.25) is 0 Å². The second-order valence-electron chi connectivity index (χ2n) is 3.95. The minimum atomic E-state index is -0.564. The Morgan fingerprint density at radius 1 is 1.33 bits per heavy atom. The summed E-state index contributed by atoms with van der Waals surface area (Å²) in [5.74, 6) is -0.758. The van der Waals surface area contributed by atoms with Gasteiger partial charge in [-0.2, -0.15) is 0 Å². The largest absolute Gasteiger partial charge is 0.207 e. The topological polar surface area (TPSA) is 0 Å². The van der Waals surface area contributed by atoms with Crippen molar-refractivity contribution in [3.05, 3.63) is 48.1 Å². The van der Waals surface area contributed by atoms with Crippen molar-refractivity contribution < 1.29 is 8.78 Å². The van der Waals surface area contributed by atoms with Gasteiger partial charge in [0.15, 0.2) is 0 Å². The number of hydrogen-bond donors (Lipinski definition) is 0. The minimum absolute atomic E-state index is 0.332. The molecule has 3 heteroatoms. The third kappa shape index (κ3) is 3.31. The summed E-state index contributed by atoms with van der Waals surface area (Å²) in [6, 6.07) is 3.49. The average Bonchev–Trinajstić information content (AvgIpc) is 2.16. The summed E-state index contributed by atoms with van der Waals surface area (Å²) in [6.07, 6.45) is 2.19. The fraction of sp³-hybridized carbons (Fsp3) is 0.333. The van der Waals surface area contributed by atoms with E-state index in [4.69, 9.17) is 11.6 Å². The number of benzene rings is 1. The molecule has 1 rings (SSSR count). The van der Waals surface area contributed by atoms with Crippen LogP contribution >= 0.6 is 11.6 Å². The van der Waals surface area contributed by atoms with Crippen LogP contribution in [0.3, 0.4) is 0 Å². The van der Waals surface area contributed by atoms with Gasteiger partial charge in [0.05, 0.1) is 0 Å². The Labute approximate surface area is 93.6 Å². The van der Waals surface area contributed by atoms with E-state index in [1.165, 1.54) is 12.1 Å². The van der Waals surface area contributed by atoms with Gasteiger partial charge in [-0.15, -0.1) is 18.2 Å². The van der Waals surface area contributed by atoms with Crippen LogP contribution in [0.5, 0.6) is 0 Å². The summed E-state index contributed by atoms with van der Waals surface area (Å²) in [6.45, 7) is 5.57. The molecule has 0 amide bonds. The zero-order valence-electron chi connectivity index (χ0n) is 8.56. The van der Waals surface area contributed by atoms with Crippen molar-refractivity contribution in [3.8, 4) is 0 Å². The zero-order valence-corrected chi connectivity index (χ0v) is 9.32. The van der Waals surface area contributed by atoms with Crippen LogP contribution in [-0.2, 0) is 6.42 Å². The van der Waals surface area contributed by atoms with Gasteiger partial charge in [0.25, 0.3) is 0 Å². The molecule has 0 saturated carbocycles. The van der Waals surface area contributed by atoms with Crippen molar-refractivity contribution >= 4 is 11.6 Å². The predicted octanol–water partition coefficient (Wildman–Crippen LogP) is 3.94. The monoisotopic (exact) mass is 230 g/mol. The lowest BCUT2D eigenvalue weighted by molar-refractivity contribution is 0.481. The van der Waals surface area contributed by atoms with Crippen LogP contribution in [0.25, 0.3) is 0 Å². The molecule has 0 radical (unpaired) electrons. The highest BCUT2D eigenvalue weighted by atomic mass is 35.5. The summed E-state index contributed by atoms with van der Waals surface area (Å²) in [5, 5.41) is 0. The molecule has 1 atom stereocenters. The van der Waals surface area contributed by atoms with E-state index >= 15 is 0 Å². The third-order valence-corrected chi connectivity index (χ3v) is 2.94. The van der Waals surface area contributed by atoms with Gasteiger partial charge < -0.3 is 0 Å². The lowest BCUT2D eigenvalue weighted by atomic mass is 9.86. The molecule has 0 heterocycles. The highest BCUT2D eigenvalue weighted by Gasteiger charge is 2.20. The maximum absolute atomic E-state index is 12.9. The maximum atomic E-state index is 12.9. The Bertz CT molecular complexity index is 342. The first-order valence-corrected chi connectivity index (χ1v) is 5.17. The number of hydrogen-bond acceptors (Lipinski definition) is 0. The fourth-order valence-corrected chi connectivity index (χ4v) is 1.56. The van der Waals surface area contributed by atoms with Gasteiger partial charge >= 0.3 is 0 Å². The van der Waals surface area contributed by atoms with E-state index in [0.29, 0.717) is 17.9 Å². The van der Waals surface area contributed by atoms with E-state index in [9.17, 15) is 8.78 Å². The molecule has 0 aliphatic rings. The summed E-state index contributed by atoms with van der Waals surface area (Å²) < 4.78 is 25.8. The molecular formula is C12H13ClF2. The molecule has 1 aromatic carbocycles. The molecule has 0 aromatic heterocycles. The first-order chi connectivity index (χ1) is 6.99. The summed E-state index contributed by atoms with van der Waals surface area (Å²) in [4.78, 5) is 0. The smallest absolute Gasteiger partial charge is 0.126 e. The van der Waals surface area contributed by atoms with Crippen molar-refractivity contribution in [2.24, 2.45) is 5.41 Å². The SMILES string of the molecule is C=CC(C)(CCl)Cc1cc(F)cc(F)c1. The molecule has 0 bridgehead atoms. The van der Waals surface area contributed by atoms with Gasteiger partial charge in [-0.25, -0.2) is 8.78 Å². The Morgan fingerprint density at radius 2 is 1.87 bits per heavy atom. The molecule has 0 aliphatic heterocycles. The quantitative estimate of drug-likeness (QED) is 0.543. The van der Waals surface area contributed by atoms with Crippen molar-refractivity contribution in [3.63, 3.8) is 0 Å². The first-order valence-electron chi connectivity index (χ1n) is 4.63. The van der Waals surface area contributed by atoms with Crippen LogP contribution in [-0.4, -0.2) is 5.88 Å². The van der Waals surface area contributed by atoms with Crippen LogP contribution in [0.2, 0.25) is 0 Å². The molecule has 0 saturated heterocycles. The number of halogens is 3. The molecule has 1 aromatic rings. The van der Waals surface area contributed by atoms with Crippen molar-refractivity contribution in [1.82, 2.24) is 0 Å². The van der Waals surface area contributed by atoms with Crippen molar-refractivity contribution in [1.29, 1.82) is 0 Å². The van der Waals surface area contributed by atoms with E-state index in [1.54, 1.807) is 6.08 Å². The summed E-state index contributed by atoms with van der Waals surface area (Å²) in [5.41, 5.74) is 0.262. The molecule has 15 heavy (non-hydrogen) atoms. The highest BCUT2D eigenvalue weighted by Crippen LogP contribution is 2.26. The highest BCUT2D eigenvalue weighted by molar-refractivity contribution is 6.18. The molecule has 82 valence electrons. The molecule has 0 fully saturated rings. The van der Waals surface area contributed by atoms with Gasteiger partial charge in [0.1, 0.15) is 11.6 Å². The Kier molecular flexibility index (Phi) is 3.86. The molecule has 0 spiro atoms. The van der Waals surface area contributed by atoms with Crippen LogP contribution in [0, 0.1) is 17.0 Å². The molecule has 0 nitrogen and oxygen atoms in total. The van der Waals surface area contributed by atoms with Crippen LogP contribution in [0.4, 0.5) is 8.78 Å². The van der Waals surface area contributed by atoms with Crippen molar-refractivity contribution in [2.45, 2.75) is 13.3 Å². The van der Waals surface area contributed by atoms with E-state index in [-0.39, 0.29) is 5.41 Å². The Morgan fingerprint density at radius 3 is 2.27 bits per heavy atom. The van der Waals surface area contributed by atoms with Gasteiger partial charge in [-0.1, -0.05) is 13.0 Å². The Balaban J connectivity index is 2.93. The normalized spacial score (nSPS) is 14.7. The Hall–Kier alpha value is -0.890. The van der Waals surface area contributed by atoms with E-state index in [1.807, 2.05) is 6.92 Å². The molecular weight excluding hydrogens is 218 g/mol. The zero-order chi connectivity index (χ0) is 11.5. The lowest BCUT2D eigenvalue weighted by Gasteiger charge is -2.22. The maximum Gasteiger partial charge on any atom is 0.126 e. The fourth-order valence-electron chi connectivity index (χ4n) is 1.35. The molecule has 0 aliphatic carbocycles. The van der Waals surface area contributed by atoms with Crippen LogP contribution in [0.15, 0.2) is 30.9 Å². The van der Waals surface area contributed by atoms with Gasteiger partial charge in [0.2, 0.25) is 0 Å². The lowest BCUT2D eigenvalue weighted by Crippen LogP contribution is -2.18. The number of alkyl halides is 1. The second kappa shape index (κ2) is 4.75. The summed E-state index contributed by atoms with van der Waals surface area (Å²) in [7, 11) is 0. The average molecular weight is 231 g/mol. The van der Waals surface area contributed by atoms with Gasteiger partial charge in [-0.05, 0) is 24.1 Å². The number of allylic oxidation sites excluding steroid dienone is 1. The first kappa shape index (κ1) is 12.2.